The lowest BCUT2D eigenvalue weighted by molar-refractivity contribution is 0.574. The van der Waals surface area contributed by atoms with Crippen LogP contribution in [-0.4, -0.2) is 25.7 Å². The molecule has 2 N–H and O–H groups in total. The monoisotopic (exact) mass is 288 g/mol. The number of thiocarbonyl (C=S) groups is 1. The van der Waals surface area contributed by atoms with Crippen LogP contribution in [0, 0.1) is 5.82 Å². The van der Waals surface area contributed by atoms with E-state index in [1.165, 1.54) is 22.5 Å². The predicted octanol–water partition coefficient (Wildman–Crippen LogP) is 1.39. The number of nitrogens with zero attached hydrogens (tertiary/aromatic N) is 1. The molecule has 1 fully saturated rings. The average molecular weight is 288 g/mol. The van der Waals surface area contributed by atoms with E-state index in [1.54, 1.807) is 0 Å². The molecule has 1 aliphatic heterocycles. The van der Waals surface area contributed by atoms with E-state index in [1.807, 2.05) is 0 Å². The van der Waals surface area contributed by atoms with Crippen LogP contribution in [0.3, 0.4) is 0 Å². The van der Waals surface area contributed by atoms with Gasteiger partial charge in [-0.15, -0.1) is 0 Å². The summed E-state index contributed by atoms with van der Waals surface area (Å²) in [6.45, 7) is 0.335. The van der Waals surface area contributed by atoms with E-state index in [-0.39, 0.29) is 22.0 Å². The second-order valence-electron chi connectivity index (χ2n) is 4.09. The number of nitrogens with two attached hydrogens (primary N) is 1. The maximum atomic E-state index is 13.7. The van der Waals surface area contributed by atoms with Crippen LogP contribution in [0.15, 0.2) is 18.2 Å². The Morgan fingerprint density at radius 1 is 1.39 bits per heavy atom. The minimum atomic E-state index is -3.40. The summed E-state index contributed by atoms with van der Waals surface area (Å²) in [5, 5.41) is 0. The Morgan fingerprint density at radius 2 is 2.11 bits per heavy atom. The summed E-state index contributed by atoms with van der Waals surface area (Å²) in [4.78, 5) is -0.135. The summed E-state index contributed by atoms with van der Waals surface area (Å²) >= 11 is 4.80. The Balaban J connectivity index is 2.57. The second-order valence-corrected chi connectivity index (χ2v) is 6.55. The van der Waals surface area contributed by atoms with Gasteiger partial charge in [0, 0.05) is 6.54 Å². The standard InChI is InChI=1S/C11H13FN2O2S2/c12-8-4-3-5-9(10(8)11(13)17)14-6-1-2-7-18(14,15)16/h3-5H,1-2,6-7H2,(H2,13,17). The fourth-order valence-corrected chi connectivity index (χ4v) is 3.87. The van der Waals surface area contributed by atoms with Crippen LogP contribution in [0.2, 0.25) is 0 Å². The van der Waals surface area contributed by atoms with E-state index in [4.69, 9.17) is 18.0 Å². The van der Waals surface area contributed by atoms with Gasteiger partial charge in [-0.05, 0) is 25.0 Å². The Hall–Kier alpha value is -1.21. The molecule has 0 bridgehead atoms. The van der Waals surface area contributed by atoms with Gasteiger partial charge >= 0.3 is 0 Å². The largest absolute Gasteiger partial charge is 0.389 e. The van der Waals surface area contributed by atoms with E-state index in [0.717, 1.165) is 6.42 Å². The first-order valence-electron chi connectivity index (χ1n) is 5.52. The van der Waals surface area contributed by atoms with Gasteiger partial charge in [0.2, 0.25) is 10.0 Å². The summed E-state index contributed by atoms with van der Waals surface area (Å²) in [5.41, 5.74) is 5.72. The smallest absolute Gasteiger partial charge is 0.235 e. The molecule has 4 nitrogen and oxygen atoms in total. The lowest BCUT2D eigenvalue weighted by atomic mass is 10.1. The molecule has 1 heterocycles. The Labute approximate surface area is 111 Å². The van der Waals surface area contributed by atoms with Crippen LogP contribution in [0.4, 0.5) is 10.1 Å². The fourth-order valence-electron chi connectivity index (χ4n) is 2.02. The molecule has 0 radical (unpaired) electrons. The predicted molar refractivity (Wildman–Crippen MR) is 72.7 cm³/mol. The van der Waals surface area contributed by atoms with Crippen LogP contribution in [0.25, 0.3) is 0 Å². The summed E-state index contributed by atoms with van der Waals surface area (Å²) in [6, 6.07) is 4.20. The molecule has 2 rings (SSSR count). The Kier molecular flexibility index (Phi) is 3.54. The Morgan fingerprint density at radius 3 is 2.72 bits per heavy atom. The van der Waals surface area contributed by atoms with Gasteiger partial charge < -0.3 is 5.73 Å². The number of hydrogen-bond acceptors (Lipinski definition) is 3. The zero-order valence-corrected chi connectivity index (χ0v) is 11.2. The van der Waals surface area contributed by atoms with Gasteiger partial charge in [0.25, 0.3) is 0 Å². The topological polar surface area (TPSA) is 63.4 Å². The third-order valence-electron chi connectivity index (χ3n) is 2.86. The first-order chi connectivity index (χ1) is 8.43. The molecule has 0 aliphatic carbocycles. The maximum absolute atomic E-state index is 13.7. The van der Waals surface area contributed by atoms with Crippen molar-refractivity contribution in [3.63, 3.8) is 0 Å². The van der Waals surface area contributed by atoms with Crippen LogP contribution >= 0.6 is 12.2 Å². The molecular formula is C11H13FN2O2S2. The highest BCUT2D eigenvalue weighted by molar-refractivity contribution is 7.92. The van der Waals surface area contributed by atoms with Gasteiger partial charge in [-0.2, -0.15) is 0 Å². The summed E-state index contributed by atoms with van der Waals surface area (Å²) in [7, 11) is -3.40. The van der Waals surface area contributed by atoms with Gasteiger partial charge in [-0.25, -0.2) is 12.8 Å². The fraction of sp³-hybridized carbons (Fsp3) is 0.364. The molecule has 1 aliphatic rings. The Bertz CT molecular complexity index is 587. The molecule has 7 heteroatoms. The van der Waals surface area contributed by atoms with Crippen molar-refractivity contribution in [2.45, 2.75) is 12.8 Å². The van der Waals surface area contributed by atoms with Crippen molar-refractivity contribution in [1.82, 2.24) is 0 Å². The quantitative estimate of drug-likeness (QED) is 0.835. The molecule has 0 unspecified atom stereocenters. The molecule has 0 spiro atoms. The first kappa shape index (κ1) is 13.2. The van der Waals surface area contributed by atoms with E-state index in [9.17, 15) is 12.8 Å². The van der Waals surface area contributed by atoms with Crippen LogP contribution < -0.4 is 10.0 Å². The zero-order valence-electron chi connectivity index (χ0n) is 9.60. The number of sulfonamides is 1. The van der Waals surface area contributed by atoms with E-state index in [0.29, 0.717) is 13.0 Å². The van der Waals surface area contributed by atoms with Crippen LogP contribution in [-0.2, 0) is 10.0 Å². The third kappa shape index (κ3) is 2.32. The van der Waals surface area contributed by atoms with Crippen LogP contribution in [0.1, 0.15) is 18.4 Å². The van der Waals surface area contributed by atoms with Gasteiger partial charge in [-0.3, -0.25) is 4.31 Å². The van der Waals surface area contributed by atoms with Crippen molar-refractivity contribution >= 4 is 32.9 Å². The average Bonchev–Trinajstić information content (AvgIpc) is 2.27. The number of hydrogen-bond donors (Lipinski definition) is 1. The molecule has 0 atom stereocenters. The molecule has 98 valence electrons. The van der Waals surface area contributed by atoms with E-state index < -0.39 is 15.8 Å². The zero-order chi connectivity index (χ0) is 13.3. The number of halogens is 1. The van der Waals surface area contributed by atoms with Crippen molar-refractivity contribution in [3.05, 3.63) is 29.6 Å². The van der Waals surface area contributed by atoms with Gasteiger partial charge in [0.15, 0.2) is 0 Å². The summed E-state index contributed by atoms with van der Waals surface area (Å²) in [6.07, 6.45) is 1.36. The summed E-state index contributed by atoms with van der Waals surface area (Å²) in [5.74, 6) is -0.527. The third-order valence-corrected chi connectivity index (χ3v) is 4.92. The normalized spacial score (nSPS) is 18.6. The molecular weight excluding hydrogens is 275 g/mol. The molecule has 1 aromatic rings. The first-order valence-corrected chi connectivity index (χ1v) is 7.54. The van der Waals surface area contributed by atoms with Gasteiger partial charge in [-0.1, -0.05) is 18.3 Å². The molecule has 1 saturated heterocycles. The lowest BCUT2D eigenvalue weighted by Crippen LogP contribution is -2.39. The number of anilines is 1. The maximum Gasteiger partial charge on any atom is 0.235 e. The van der Waals surface area contributed by atoms with Gasteiger partial charge in [0.05, 0.1) is 17.0 Å². The highest BCUT2D eigenvalue weighted by Crippen LogP contribution is 2.28. The van der Waals surface area contributed by atoms with Crippen molar-refractivity contribution in [3.8, 4) is 0 Å². The minimum absolute atomic E-state index is 0.00187. The molecule has 18 heavy (non-hydrogen) atoms. The minimum Gasteiger partial charge on any atom is -0.389 e. The van der Waals surface area contributed by atoms with Crippen molar-refractivity contribution < 1.29 is 12.8 Å². The SMILES string of the molecule is NC(=S)c1c(F)cccc1N1CCCCS1(=O)=O. The highest BCUT2D eigenvalue weighted by Gasteiger charge is 2.29. The molecule has 1 aromatic carbocycles. The van der Waals surface area contributed by atoms with Crippen molar-refractivity contribution in [2.75, 3.05) is 16.6 Å². The molecule has 0 aromatic heterocycles. The van der Waals surface area contributed by atoms with E-state index in [2.05, 4.69) is 0 Å². The summed E-state index contributed by atoms with van der Waals surface area (Å²) < 4.78 is 38.9. The van der Waals surface area contributed by atoms with Crippen LogP contribution in [0.5, 0.6) is 0 Å². The van der Waals surface area contributed by atoms with Crippen molar-refractivity contribution in [1.29, 1.82) is 0 Å². The lowest BCUT2D eigenvalue weighted by Gasteiger charge is -2.29. The van der Waals surface area contributed by atoms with Gasteiger partial charge in [0.1, 0.15) is 10.8 Å². The van der Waals surface area contributed by atoms with E-state index >= 15 is 0 Å². The highest BCUT2D eigenvalue weighted by atomic mass is 32.2. The molecule has 0 amide bonds. The van der Waals surface area contributed by atoms with Crippen molar-refractivity contribution in [2.24, 2.45) is 5.73 Å². The second kappa shape index (κ2) is 4.81. The number of rotatable bonds is 2. The molecule has 0 saturated carbocycles. The number of benzene rings is 1.